The van der Waals surface area contributed by atoms with E-state index >= 15 is 0 Å². The van der Waals surface area contributed by atoms with Gasteiger partial charge >= 0.3 is 0 Å². The fourth-order valence-corrected chi connectivity index (χ4v) is 3.37. The van der Waals surface area contributed by atoms with Crippen molar-refractivity contribution in [2.45, 2.75) is 13.3 Å². The molecular formula is C20H23Cl2N3O. The van der Waals surface area contributed by atoms with Crippen molar-refractivity contribution in [2.24, 2.45) is 0 Å². The lowest BCUT2D eigenvalue weighted by atomic mass is 10.1. The zero-order valence-electron chi connectivity index (χ0n) is 14.8. The predicted molar refractivity (Wildman–Crippen MR) is 110 cm³/mol. The van der Waals surface area contributed by atoms with Gasteiger partial charge in [0.05, 0.1) is 16.6 Å². The van der Waals surface area contributed by atoms with Gasteiger partial charge in [0.2, 0.25) is 5.91 Å². The summed E-state index contributed by atoms with van der Waals surface area (Å²) in [6.07, 6.45) is 0.997. The Kier molecular flexibility index (Phi) is 6.41. The average Bonchev–Trinajstić information content (AvgIpc) is 2.65. The van der Waals surface area contributed by atoms with E-state index in [1.165, 1.54) is 5.56 Å². The summed E-state index contributed by atoms with van der Waals surface area (Å²) in [5, 5.41) is 4.11. The first-order chi connectivity index (χ1) is 12.5. The Bertz CT molecular complexity index is 756. The third kappa shape index (κ3) is 4.91. The lowest BCUT2D eigenvalue weighted by Crippen LogP contribution is -2.48. The van der Waals surface area contributed by atoms with Gasteiger partial charge in [-0.3, -0.25) is 9.69 Å². The van der Waals surface area contributed by atoms with Gasteiger partial charge in [-0.1, -0.05) is 42.3 Å². The van der Waals surface area contributed by atoms with E-state index in [1.807, 2.05) is 42.5 Å². The Labute approximate surface area is 164 Å². The summed E-state index contributed by atoms with van der Waals surface area (Å²) in [5.41, 5.74) is 3.18. The van der Waals surface area contributed by atoms with E-state index in [1.54, 1.807) is 0 Å². The van der Waals surface area contributed by atoms with Gasteiger partial charge in [-0.15, -0.1) is 0 Å². The zero-order chi connectivity index (χ0) is 18.5. The predicted octanol–water partition coefficient (Wildman–Crippen LogP) is 4.32. The number of nitrogens with zero attached hydrogens (tertiary/aromatic N) is 2. The highest BCUT2D eigenvalue weighted by molar-refractivity contribution is 6.42. The summed E-state index contributed by atoms with van der Waals surface area (Å²) in [6.45, 7) is 5.91. The van der Waals surface area contributed by atoms with Crippen molar-refractivity contribution in [3.05, 3.63) is 58.1 Å². The average molecular weight is 392 g/mol. The summed E-state index contributed by atoms with van der Waals surface area (Å²) < 4.78 is 0. The van der Waals surface area contributed by atoms with E-state index < -0.39 is 0 Å². The summed E-state index contributed by atoms with van der Waals surface area (Å²) in [7, 11) is 0. The quantitative estimate of drug-likeness (QED) is 0.824. The van der Waals surface area contributed by atoms with Crippen LogP contribution in [0.4, 0.5) is 11.4 Å². The molecule has 3 rings (SSSR count). The molecule has 2 aromatic rings. The largest absolute Gasteiger partial charge is 0.369 e. The van der Waals surface area contributed by atoms with Crippen LogP contribution in [-0.2, 0) is 11.2 Å². The number of piperazine rings is 1. The molecule has 0 atom stereocenters. The third-order valence-corrected chi connectivity index (χ3v) is 5.39. The maximum atomic E-state index is 12.3. The molecular weight excluding hydrogens is 369 g/mol. The van der Waals surface area contributed by atoms with Gasteiger partial charge in [0.25, 0.3) is 0 Å². The van der Waals surface area contributed by atoms with Crippen LogP contribution in [0.1, 0.15) is 12.5 Å². The van der Waals surface area contributed by atoms with Crippen LogP contribution >= 0.6 is 23.2 Å². The molecule has 0 saturated carbocycles. The number of carbonyl (C=O) groups excluding carboxylic acids is 1. The Balaban J connectivity index is 1.48. The van der Waals surface area contributed by atoms with Crippen molar-refractivity contribution in [1.82, 2.24) is 4.90 Å². The first kappa shape index (κ1) is 19.0. The Morgan fingerprint density at radius 2 is 1.69 bits per heavy atom. The molecule has 1 fully saturated rings. The fraction of sp³-hybridized carbons (Fsp3) is 0.350. The maximum absolute atomic E-state index is 12.3. The molecule has 1 aliphatic rings. The van der Waals surface area contributed by atoms with Gasteiger partial charge in [-0.05, 0) is 42.3 Å². The number of amides is 1. The van der Waals surface area contributed by atoms with Gasteiger partial charge in [0.15, 0.2) is 0 Å². The van der Waals surface area contributed by atoms with E-state index in [-0.39, 0.29) is 5.91 Å². The second kappa shape index (κ2) is 8.76. The van der Waals surface area contributed by atoms with Crippen LogP contribution in [0.5, 0.6) is 0 Å². The minimum atomic E-state index is 0.0252. The molecule has 0 radical (unpaired) electrons. The molecule has 1 amide bonds. The number of anilines is 2. The molecule has 2 aromatic carbocycles. The standard InChI is InChI=1S/C20H23Cl2N3O/c1-2-15-3-5-16(6-4-15)23-20(26)14-24-9-11-25(12-10-24)17-7-8-18(21)19(22)13-17/h3-8,13H,2,9-12,14H2,1H3,(H,23,26). The number of hydrogen-bond acceptors (Lipinski definition) is 3. The van der Waals surface area contributed by atoms with Crippen molar-refractivity contribution in [3.63, 3.8) is 0 Å². The van der Waals surface area contributed by atoms with Crippen LogP contribution in [0, 0.1) is 0 Å². The lowest BCUT2D eigenvalue weighted by molar-refractivity contribution is -0.117. The highest BCUT2D eigenvalue weighted by atomic mass is 35.5. The van der Waals surface area contributed by atoms with Gasteiger partial charge < -0.3 is 10.2 Å². The van der Waals surface area contributed by atoms with Crippen molar-refractivity contribution in [3.8, 4) is 0 Å². The Morgan fingerprint density at radius 1 is 1.00 bits per heavy atom. The molecule has 0 aliphatic carbocycles. The maximum Gasteiger partial charge on any atom is 0.238 e. The molecule has 1 heterocycles. The van der Waals surface area contributed by atoms with Crippen molar-refractivity contribution in [1.29, 1.82) is 0 Å². The van der Waals surface area contributed by atoms with Crippen molar-refractivity contribution < 1.29 is 4.79 Å². The molecule has 4 nitrogen and oxygen atoms in total. The van der Waals surface area contributed by atoms with Gasteiger partial charge in [0.1, 0.15) is 0 Å². The summed E-state index contributed by atoms with van der Waals surface area (Å²) >= 11 is 12.1. The normalized spacial score (nSPS) is 15.1. The first-order valence-electron chi connectivity index (χ1n) is 8.86. The van der Waals surface area contributed by atoms with Crippen molar-refractivity contribution in [2.75, 3.05) is 42.9 Å². The van der Waals surface area contributed by atoms with E-state index in [2.05, 4.69) is 22.0 Å². The summed E-state index contributed by atoms with van der Waals surface area (Å²) in [4.78, 5) is 16.7. The fourth-order valence-electron chi connectivity index (χ4n) is 3.07. The second-order valence-electron chi connectivity index (χ2n) is 6.46. The number of carbonyl (C=O) groups is 1. The van der Waals surface area contributed by atoms with E-state index in [0.29, 0.717) is 16.6 Å². The minimum absolute atomic E-state index is 0.0252. The minimum Gasteiger partial charge on any atom is -0.369 e. The topological polar surface area (TPSA) is 35.6 Å². The van der Waals surface area contributed by atoms with Crippen LogP contribution in [0.2, 0.25) is 10.0 Å². The summed E-state index contributed by atoms with van der Waals surface area (Å²) in [5.74, 6) is 0.0252. The molecule has 1 aliphatic heterocycles. The van der Waals surface area contributed by atoms with Crippen LogP contribution in [0.15, 0.2) is 42.5 Å². The molecule has 0 aromatic heterocycles. The number of aryl methyl sites for hydroxylation is 1. The van der Waals surface area contributed by atoms with E-state index in [0.717, 1.165) is 44.0 Å². The van der Waals surface area contributed by atoms with Crippen molar-refractivity contribution >= 4 is 40.5 Å². The van der Waals surface area contributed by atoms with Gasteiger partial charge in [-0.2, -0.15) is 0 Å². The van der Waals surface area contributed by atoms with Gasteiger partial charge in [-0.25, -0.2) is 0 Å². The highest BCUT2D eigenvalue weighted by Gasteiger charge is 2.19. The van der Waals surface area contributed by atoms with Gasteiger partial charge in [0, 0.05) is 37.6 Å². The Morgan fingerprint density at radius 3 is 2.31 bits per heavy atom. The highest BCUT2D eigenvalue weighted by Crippen LogP contribution is 2.27. The van der Waals surface area contributed by atoms with E-state index in [4.69, 9.17) is 23.2 Å². The molecule has 0 unspecified atom stereocenters. The smallest absolute Gasteiger partial charge is 0.238 e. The van der Waals surface area contributed by atoms with Crippen LogP contribution in [0.3, 0.4) is 0 Å². The molecule has 1 saturated heterocycles. The first-order valence-corrected chi connectivity index (χ1v) is 9.62. The Hall–Kier alpha value is -1.75. The molecule has 0 bridgehead atoms. The summed E-state index contributed by atoms with van der Waals surface area (Å²) in [6, 6.07) is 13.7. The second-order valence-corrected chi connectivity index (χ2v) is 7.27. The number of nitrogens with one attached hydrogen (secondary N) is 1. The molecule has 0 spiro atoms. The number of benzene rings is 2. The monoisotopic (exact) mass is 391 g/mol. The molecule has 6 heteroatoms. The zero-order valence-corrected chi connectivity index (χ0v) is 16.4. The molecule has 26 heavy (non-hydrogen) atoms. The van der Waals surface area contributed by atoms with E-state index in [9.17, 15) is 4.79 Å². The molecule has 1 N–H and O–H groups in total. The third-order valence-electron chi connectivity index (χ3n) is 4.65. The number of rotatable bonds is 5. The SMILES string of the molecule is CCc1ccc(NC(=O)CN2CCN(c3ccc(Cl)c(Cl)c3)CC2)cc1. The molecule has 138 valence electrons. The van der Waals surface area contributed by atoms with Crippen LogP contribution in [0.25, 0.3) is 0 Å². The van der Waals surface area contributed by atoms with Crippen LogP contribution in [-0.4, -0.2) is 43.5 Å². The van der Waals surface area contributed by atoms with Crippen LogP contribution < -0.4 is 10.2 Å². The number of halogens is 2. The number of hydrogen-bond donors (Lipinski definition) is 1. The lowest BCUT2D eigenvalue weighted by Gasteiger charge is -2.35.